The van der Waals surface area contributed by atoms with E-state index < -0.39 is 0 Å². The van der Waals surface area contributed by atoms with Gasteiger partial charge < -0.3 is 18.5 Å². The zero-order valence-corrected chi connectivity index (χ0v) is 12.1. The van der Waals surface area contributed by atoms with Crippen molar-refractivity contribution >= 4 is 17.6 Å². The van der Waals surface area contributed by atoms with Gasteiger partial charge in [-0.25, -0.2) is 0 Å². The molecule has 18 heavy (non-hydrogen) atoms. The van der Waals surface area contributed by atoms with Gasteiger partial charge in [-0.1, -0.05) is 18.2 Å². The fraction of sp³-hybridized carbons (Fsp3) is 0.455. The van der Waals surface area contributed by atoms with Crippen LogP contribution in [0.25, 0.3) is 0 Å². The van der Waals surface area contributed by atoms with E-state index in [2.05, 4.69) is 4.52 Å². The molecule has 0 spiro atoms. The summed E-state index contributed by atoms with van der Waals surface area (Å²) in [5.74, 6) is 0.817. The largest absolute Gasteiger partial charge is 0.454 e. The van der Waals surface area contributed by atoms with Crippen molar-refractivity contribution in [2.45, 2.75) is 0 Å². The van der Waals surface area contributed by atoms with Gasteiger partial charge in [0.1, 0.15) is 5.75 Å². The summed E-state index contributed by atoms with van der Waals surface area (Å²) in [7, 11) is 2.26. The van der Waals surface area contributed by atoms with E-state index in [4.69, 9.17) is 18.5 Å². The van der Waals surface area contributed by atoms with Crippen LogP contribution in [0.1, 0.15) is 0 Å². The summed E-state index contributed by atoms with van der Waals surface area (Å²) in [6, 6.07) is 9.57. The van der Waals surface area contributed by atoms with E-state index in [1.807, 2.05) is 30.3 Å². The van der Waals surface area contributed by atoms with Gasteiger partial charge in [-0.2, -0.15) is 4.52 Å². The Morgan fingerprint density at radius 3 is 2.67 bits per heavy atom. The molecule has 0 amide bonds. The predicted octanol–water partition coefficient (Wildman–Crippen LogP) is 3.30. The molecule has 0 aliphatic heterocycles. The maximum Gasteiger partial charge on any atom is 0.202 e. The minimum absolute atomic E-state index is 0.0487. The number of hydrogen-bond acceptors (Lipinski definition) is 5. The van der Waals surface area contributed by atoms with Crippen LogP contribution in [-0.2, 0) is 14.0 Å². The Labute approximate surface area is 111 Å². The van der Waals surface area contributed by atoms with Gasteiger partial charge in [0.2, 0.25) is 8.96 Å². The maximum absolute atomic E-state index is 5.39. The standard InChI is InChI=1S/C11H17NO4P2/c1-13-7-8-14-9-10-15-17-12-18-16-11-5-3-2-4-6-11/h2-6,18H,7-10H2,1H3. The minimum Gasteiger partial charge on any atom is -0.454 e. The zero-order chi connectivity index (χ0) is 12.9. The first-order valence-corrected chi connectivity index (χ1v) is 7.11. The SMILES string of the molecule is COCCOCCOP=NPOc1ccccc1. The van der Waals surface area contributed by atoms with Crippen molar-refractivity contribution in [3.05, 3.63) is 30.3 Å². The lowest BCUT2D eigenvalue weighted by Crippen LogP contribution is -2.05. The summed E-state index contributed by atoms with van der Waals surface area (Å²) in [5, 5.41) is 0. The first-order valence-electron chi connectivity index (χ1n) is 5.49. The quantitative estimate of drug-likeness (QED) is 0.490. The van der Waals surface area contributed by atoms with Crippen molar-refractivity contribution in [3.63, 3.8) is 0 Å². The molecule has 0 bridgehead atoms. The van der Waals surface area contributed by atoms with Crippen molar-refractivity contribution in [3.8, 4) is 5.75 Å². The van der Waals surface area contributed by atoms with Gasteiger partial charge in [0.05, 0.1) is 26.4 Å². The van der Waals surface area contributed by atoms with E-state index in [9.17, 15) is 0 Å². The molecule has 0 aliphatic carbocycles. The highest BCUT2D eigenvalue weighted by Crippen LogP contribution is 2.24. The van der Waals surface area contributed by atoms with Crippen LogP contribution in [0.4, 0.5) is 0 Å². The van der Waals surface area contributed by atoms with Gasteiger partial charge >= 0.3 is 0 Å². The van der Waals surface area contributed by atoms with Crippen LogP contribution in [0.2, 0.25) is 0 Å². The molecule has 0 fully saturated rings. The van der Waals surface area contributed by atoms with Gasteiger partial charge in [-0.15, -0.1) is 0 Å². The number of nitrogens with zero attached hydrogens (tertiary/aromatic N) is 1. The van der Waals surface area contributed by atoms with E-state index in [1.54, 1.807) is 7.11 Å². The molecule has 5 nitrogen and oxygen atoms in total. The molecule has 100 valence electrons. The van der Waals surface area contributed by atoms with Crippen molar-refractivity contribution in [2.24, 2.45) is 4.52 Å². The average molecular weight is 289 g/mol. The number of benzene rings is 1. The van der Waals surface area contributed by atoms with Gasteiger partial charge in [0.25, 0.3) is 0 Å². The highest BCUT2D eigenvalue weighted by molar-refractivity contribution is 7.39. The van der Waals surface area contributed by atoms with Crippen LogP contribution in [0.5, 0.6) is 5.75 Å². The molecule has 1 unspecified atom stereocenters. The molecule has 1 atom stereocenters. The average Bonchev–Trinajstić information content (AvgIpc) is 2.42. The van der Waals surface area contributed by atoms with E-state index in [0.29, 0.717) is 35.0 Å². The smallest absolute Gasteiger partial charge is 0.202 e. The van der Waals surface area contributed by atoms with Gasteiger partial charge in [-0.3, -0.25) is 0 Å². The van der Waals surface area contributed by atoms with Crippen molar-refractivity contribution < 1.29 is 18.5 Å². The van der Waals surface area contributed by atoms with Crippen LogP contribution in [0, 0.1) is 0 Å². The lowest BCUT2D eigenvalue weighted by Gasteiger charge is -2.01. The molecule has 0 aliphatic rings. The monoisotopic (exact) mass is 289 g/mol. The summed E-state index contributed by atoms with van der Waals surface area (Å²) in [4.78, 5) is 0. The summed E-state index contributed by atoms with van der Waals surface area (Å²) in [5.41, 5.74) is 0. The van der Waals surface area contributed by atoms with Crippen LogP contribution in [0.15, 0.2) is 34.8 Å². The Morgan fingerprint density at radius 2 is 1.89 bits per heavy atom. The normalized spacial score (nSPS) is 11.6. The lowest BCUT2D eigenvalue weighted by molar-refractivity contribution is 0.0572. The molecule has 0 radical (unpaired) electrons. The van der Waals surface area contributed by atoms with Crippen LogP contribution in [-0.4, -0.2) is 33.5 Å². The summed E-state index contributed by atoms with van der Waals surface area (Å²) >= 11 is 0. The molecule has 0 saturated carbocycles. The van der Waals surface area contributed by atoms with Crippen LogP contribution >= 0.6 is 17.6 Å². The molecule has 1 aromatic rings. The fourth-order valence-corrected chi connectivity index (χ4v) is 1.91. The highest BCUT2D eigenvalue weighted by atomic mass is 31.1. The maximum atomic E-state index is 5.39. The zero-order valence-electron chi connectivity index (χ0n) is 10.2. The first-order chi connectivity index (χ1) is 8.93. The van der Waals surface area contributed by atoms with Crippen molar-refractivity contribution in [2.75, 3.05) is 33.5 Å². The summed E-state index contributed by atoms with van der Waals surface area (Å²) < 4.78 is 24.8. The van der Waals surface area contributed by atoms with Gasteiger partial charge in [-0.05, 0) is 12.1 Å². The molecule has 0 saturated heterocycles. The third-order valence-corrected chi connectivity index (χ3v) is 3.08. The first kappa shape index (κ1) is 15.5. The van der Waals surface area contributed by atoms with E-state index in [1.165, 1.54) is 0 Å². The van der Waals surface area contributed by atoms with E-state index in [0.717, 1.165) is 5.75 Å². The Bertz CT molecular complexity index is 324. The molecule has 0 N–H and O–H groups in total. The fourth-order valence-electron chi connectivity index (χ4n) is 0.989. The molecule has 0 heterocycles. The van der Waals surface area contributed by atoms with Crippen LogP contribution < -0.4 is 4.52 Å². The number of para-hydroxylation sites is 1. The number of hydrogen-bond donors (Lipinski definition) is 0. The van der Waals surface area contributed by atoms with Crippen molar-refractivity contribution in [1.29, 1.82) is 0 Å². The number of ether oxygens (including phenoxy) is 2. The molecular formula is C11H17NO4P2. The second-order valence-electron chi connectivity index (χ2n) is 3.13. The second-order valence-corrected chi connectivity index (χ2v) is 4.73. The Morgan fingerprint density at radius 1 is 1.11 bits per heavy atom. The van der Waals surface area contributed by atoms with Gasteiger partial charge in [0, 0.05) is 7.11 Å². The third-order valence-electron chi connectivity index (χ3n) is 1.80. The Kier molecular flexibility index (Phi) is 9.91. The molecule has 1 rings (SSSR count). The number of rotatable bonds is 10. The Hall–Kier alpha value is -0.570. The summed E-state index contributed by atoms with van der Waals surface area (Å²) in [6.07, 6.45) is 0. The topological polar surface area (TPSA) is 49.3 Å². The molecule has 7 heteroatoms. The number of methoxy groups -OCH3 is 1. The summed E-state index contributed by atoms with van der Waals surface area (Å²) in [6.45, 7) is 2.26. The predicted molar refractivity (Wildman–Crippen MR) is 73.4 cm³/mol. The van der Waals surface area contributed by atoms with E-state index in [-0.39, 0.29) is 8.96 Å². The minimum atomic E-state index is 0.0487. The van der Waals surface area contributed by atoms with Crippen LogP contribution in [0.3, 0.4) is 0 Å². The third kappa shape index (κ3) is 8.51. The van der Waals surface area contributed by atoms with Gasteiger partial charge in [0.15, 0.2) is 8.60 Å². The highest BCUT2D eigenvalue weighted by Gasteiger charge is 1.90. The van der Waals surface area contributed by atoms with Crippen molar-refractivity contribution in [1.82, 2.24) is 0 Å². The second kappa shape index (κ2) is 11.5. The molecule has 1 aromatic carbocycles. The van der Waals surface area contributed by atoms with E-state index >= 15 is 0 Å². The Balaban J connectivity index is 1.92. The molecule has 0 aromatic heterocycles. The molecular weight excluding hydrogens is 272 g/mol. The lowest BCUT2D eigenvalue weighted by atomic mass is 10.3.